The largest absolute Gasteiger partial charge is 0.507 e. The van der Waals surface area contributed by atoms with Crippen molar-refractivity contribution in [1.29, 1.82) is 0 Å². The minimum absolute atomic E-state index is 0.347. The van der Waals surface area contributed by atoms with Crippen molar-refractivity contribution in [3.05, 3.63) is 101 Å². The van der Waals surface area contributed by atoms with Crippen molar-refractivity contribution in [3.63, 3.8) is 0 Å². The lowest BCUT2D eigenvalue weighted by molar-refractivity contribution is 0.247. The van der Waals surface area contributed by atoms with Crippen molar-refractivity contribution in [1.82, 2.24) is 4.90 Å². The van der Waals surface area contributed by atoms with Crippen molar-refractivity contribution in [3.8, 4) is 5.75 Å². The molecule has 0 bridgehead atoms. The molecule has 3 rings (SSSR count). The van der Waals surface area contributed by atoms with Crippen molar-refractivity contribution in [2.45, 2.75) is 72.0 Å². The molecule has 31 heavy (non-hydrogen) atoms. The van der Waals surface area contributed by atoms with Crippen molar-refractivity contribution in [2.75, 3.05) is 0 Å². The lowest BCUT2D eigenvalue weighted by Gasteiger charge is -2.25. The lowest BCUT2D eigenvalue weighted by Crippen LogP contribution is -2.22. The topological polar surface area (TPSA) is 23.5 Å². The highest BCUT2D eigenvalue weighted by Gasteiger charge is 2.19. The van der Waals surface area contributed by atoms with Gasteiger partial charge in [0.2, 0.25) is 0 Å². The van der Waals surface area contributed by atoms with Gasteiger partial charge < -0.3 is 5.11 Å². The molecule has 0 saturated heterocycles. The van der Waals surface area contributed by atoms with E-state index in [4.69, 9.17) is 0 Å². The van der Waals surface area contributed by atoms with Crippen LogP contribution < -0.4 is 0 Å². The minimum Gasteiger partial charge on any atom is -0.507 e. The normalized spacial score (nSPS) is 13.3. The summed E-state index contributed by atoms with van der Waals surface area (Å²) in [5.74, 6) is 1.20. The molecule has 3 aromatic carbocycles. The maximum absolute atomic E-state index is 11.0. The van der Waals surface area contributed by atoms with Crippen LogP contribution in [0.4, 0.5) is 0 Å². The smallest absolute Gasteiger partial charge is 0.122 e. The predicted octanol–water partition coefficient (Wildman–Crippen LogP) is 7.62. The van der Waals surface area contributed by atoms with Crippen LogP contribution in [0, 0.1) is 0 Å². The molecule has 2 nitrogen and oxygen atoms in total. The van der Waals surface area contributed by atoms with Gasteiger partial charge in [0.05, 0.1) is 0 Å². The van der Waals surface area contributed by atoms with E-state index in [-0.39, 0.29) is 0 Å². The van der Waals surface area contributed by atoms with E-state index in [9.17, 15) is 5.11 Å². The summed E-state index contributed by atoms with van der Waals surface area (Å²) in [4.78, 5) is 2.50. The molecule has 2 atom stereocenters. The standard InChI is InChI=1S/C29H37NO/c1-5-22(3)27-17-26(18-28(29(27)31)23(4)6-2)21-30(19-24-13-9-7-10-14-24)20-25-15-11-8-12-16-25/h7-18,22-23,31H,5-6,19-21H2,1-4H3. The number of aromatic hydroxyl groups is 1. The van der Waals surface area contributed by atoms with Gasteiger partial charge in [0.15, 0.2) is 0 Å². The van der Waals surface area contributed by atoms with Gasteiger partial charge in [-0.25, -0.2) is 0 Å². The minimum atomic E-state index is 0.347. The number of nitrogens with zero attached hydrogens (tertiary/aromatic N) is 1. The fourth-order valence-electron chi connectivity index (χ4n) is 4.14. The zero-order valence-electron chi connectivity index (χ0n) is 19.5. The molecule has 0 radical (unpaired) electrons. The molecule has 0 spiro atoms. The third-order valence-electron chi connectivity index (χ3n) is 6.42. The molecular weight excluding hydrogens is 378 g/mol. The third kappa shape index (κ3) is 6.21. The van der Waals surface area contributed by atoms with E-state index >= 15 is 0 Å². The summed E-state index contributed by atoms with van der Waals surface area (Å²) >= 11 is 0. The summed E-state index contributed by atoms with van der Waals surface area (Å²) in [6, 6.07) is 25.8. The van der Waals surface area contributed by atoms with Crippen LogP contribution in [0.1, 0.15) is 80.2 Å². The maximum atomic E-state index is 11.0. The van der Waals surface area contributed by atoms with Gasteiger partial charge in [-0.3, -0.25) is 4.90 Å². The average molecular weight is 416 g/mol. The van der Waals surface area contributed by atoms with Crippen molar-refractivity contribution in [2.24, 2.45) is 0 Å². The highest BCUT2D eigenvalue weighted by atomic mass is 16.3. The van der Waals surface area contributed by atoms with E-state index in [1.807, 2.05) is 0 Å². The Morgan fingerprint density at radius 3 is 1.42 bits per heavy atom. The second-order valence-electron chi connectivity index (χ2n) is 8.86. The van der Waals surface area contributed by atoms with Crippen LogP contribution in [-0.2, 0) is 19.6 Å². The highest BCUT2D eigenvalue weighted by Crippen LogP contribution is 2.37. The van der Waals surface area contributed by atoms with E-state index in [2.05, 4.69) is 105 Å². The number of phenols is 1. The molecule has 2 unspecified atom stereocenters. The first-order chi connectivity index (χ1) is 15.0. The molecule has 1 N–H and O–H groups in total. The van der Waals surface area contributed by atoms with Gasteiger partial charge in [0.25, 0.3) is 0 Å². The summed E-state index contributed by atoms with van der Waals surface area (Å²) < 4.78 is 0. The van der Waals surface area contributed by atoms with E-state index in [0.29, 0.717) is 17.6 Å². The molecule has 0 aliphatic rings. The van der Waals surface area contributed by atoms with Gasteiger partial charge in [0.1, 0.15) is 5.75 Å². The van der Waals surface area contributed by atoms with Crippen LogP contribution in [0.15, 0.2) is 72.8 Å². The third-order valence-corrected chi connectivity index (χ3v) is 6.42. The first kappa shape index (κ1) is 23.1. The first-order valence-corrected chi connectivity index (χ1v) is 11.7. The van der Waals surface area contributed by atoms with Gasteiger partial charge in [-0.1, -0.05) is 100 Å². The maximum Gasteiger partial charge on any atom is 0.122 e. The molecule has 164 valence electrons. The number of benzene rings is 3. The Hall–Kier alpha value is -2.58. The zero-order chi connectivity index (χ0) is 22.2. The van der Waals surface area contributed by atoms with Gasteiger partial charge in [-0.15, -0.1) is 0 Å². The molecule has 0 saturated carbocycles. The summed E-state index contributed by atoms with van der Waals surface area (Å²) in [5.41, 5.74) is 6.11. The Labute approximate surface area is 188 Å². The lowest BCUT2D eigenvalue weighted by atomic mass is 9.88. The van der Waals surface area contributed by atoms with Crippen LogP contribution in [0.25, 0.3) is 0 Å². The first-order valence-electron chi connectivity index (χ1n) is 11.7. The van der Waals surface area contributed by atoms with E-state index < -0.39 is 0 Å². The zero-order valence-corrected chi connectivity index (χ0v) is 19.5. The molecule has 0 aromatic heterocycles. The molecule has 3 aromatic rings. The molecule has 2 heteroatoms. The fourth-order valence-corrected chi connectivity index (χ4v) is 4.14. The molecular formula is C29H37NO. The van der Waals surface area contributed by atoms with Crippen molar-refractivity contribution >= 4 is 0 Å². The second kappa shape index (κ2) is 11.2. The fraction of sp³-hybridized carbons (Fsp3) is 0.379. The summed E-state index contributed by atoms with van der Waals surface area (Å²) in [6.45, 7) is 11.5. The quantitative estimate of drug-likeness (QED) is 0.368. The molecule has 0 fully saturated rings. The average Bonchev–Trinajstić information content (AvgIpc) is 2.80. The van der Waals surface area contributed by atoms with Crippen LogP contribution in [0.3, 0.4) is 0 Å². The van der Waals surface area contributed by atoms with Gasteiger partial charge in [0, 0.05) is 19.6 Å². The predicted molar refractivity (Wildman–Crippen MR) is 131 cm³/mol. The summed E-state index contributed by atoms with van der Waals surface area (Å²) in [5, 5.41) is 11.0. The van der Waals surface area contributed by atoms with Gasteiger partial charge in [-0.2, -0.15) is 0 Å². The number of phenolic OH excluding ortho intramolecular Hbond substituents is 1. The Morgan fingerprint density at radius 1 is 0.645 bits per heavy atom. The molecule has 0 amide bonds. The summed E-state index contributed by atoms with van der Waals surface area (Å²) in [7, 11) is 0. The molecule has 0 aliphatic heterocycles. The Kier molecular flexibility index (Phi) is 8.31. The van der Waals surface area contributed by atoms with E-state index in [0.717, 1.165) is 43.6 Å². The van der Waals surface area contributed by atoms with Crippen molar-refractivity contribution < 1.29 is 5.11 Å². The monoisotopic (exact) mass is 415 g/mol. The Balaban J connectivity index is 1.94. The number of rotatable bonds is 10. The second-order valence-corrected chi connectivity index (χ2v) is 8.86. The van der Waals surface area contributed by atoms with Crippen LogP contribution in [0.2, 0.25) is 0 Å². The van der Waals surface area contributed by atoms with Crippen LogP contribution in [0.5, 0.6) is 5.75 Å². The van der Waals surface area contributed by atoms with Gasteiger partial charge >= 0.3 is 0 Å². The number of hydrogen-bond acceptors (Lipinski definition) is 2. The Bertz CT molecular complexity index is 863. The van der Waals surface area contributed by atoms with E-state index in [1.165, 1.54) is 16.7 Å². The molecule has 0 aliphatic carbocycles. The van der Waals surface area contributed by atoms with Crippen LogP contribution in [-0.4, -0.2) is 10.0 Å². The highest BCUT2D eigenvalue weighted by molar-refractivity contribution is 5.47. The summed E-state index contributed by atoms with van der Waals surface area (Å²) in [6.07, 6.45) is 2.05. The SMILES string of the molecule is CCC(C)c1cc(CN(Cc2ccccc2)Cc2ccccc2)cc(C(C)CC)c1O. The van der Waals surface area contributed by atoms with E-state index in [1.54, 1.807) is 0 Å². The van der Waals surface area contributed by atoms with Crippen LogP contribution >= 0.6 is 0 Å². The Morgan fingerprint density at radius 2 is 1.03 bits per heavy atom. The number of hydrogen-bond donors (Lipinski definition) is 1. The van der Waals surface area contributed by atoms with Gasteiger partial charge in [-0.05, 0) is 52.5 Å². The molecule has 0 heterocycles.